The maximum absolute atomic E-state index is 5.06. The molecule has 0 bridgehead atoms. The van der Waals surface area contributed by atoms with Crippen molar-refractivity contribution in [3.63, 3.8) is 0 Å². The fourth-order valence-corrected chi connectivity index (χ4v) is 1.71. The van der Waals surface area contributed by atoms with Gasteiger partial charge in [0, 0.05) is 18.7 Å². The average Bonchev–Trinajstić information content (AvgIpc) is 2.28. The maximum atomic E-state index is 5.06. The molecular formula is C12H21N3O. The molecule has 1 rings (SSSR count). The zero-order valence-electron chi connectivity index (χ0n) is 10.5. The fraction of sp³-hybridized carbons (Fsp3) is 0.667. The Morgan fingerprint density at radius 3 is 2.69 bits per heavy atom. The van der Waals surface area contributed by atoms with E-state index < -0.39 is 0 Å². The lowest BCUT2D eigenvalue weighted by Gasteiger charge is -2.17. The molecule has 4 nitrogen and oxygen atoms in total. The predicted octanol–water partition coefficient (Wildman–Crippen LogP) is 1.66. The Hall–Kier alpha value is -1.16. The van der Waals surface area contributed by atoms with Crippen LogP contribution in [-0.4, -0.2) is 30.2 Å². The minimum Gasteiger partial charge on any atom is -0.480 e. The monoisotopic (exact) mass is 223 g/mol. The second-order valence-corrected chi connectivity index (χ2v) is 4.37. The molecule has 1 aromatic rings. The van der Waals surface area contributed by atoms with Gasteiger partial charge in [0.05, 0.1) is 19.0 Å². The summed E-state index contributed by atoms with van der Waals surface area (Å²) < 4.78 is 5.06. The van der Waals surface area contributed by atoms with Crippen LogP contribution in [0.2, 0.25) is 0 Å². The van der Waals surface area contributed by atoms with E-state index in [0.717, 1.165) is 18.5 Å². The Morgan fingerprint density at radius 2 is 2.12 bits per heavy atom. The van der Waals surface area contributed by atoms with E-state index in [1.54, 1.807) is 19.5 Å². The third kappa shape index (κ3) is 4.14. The van der Waals surface area contributed by atoms with E-state index in [1.807, 2.05) is 7.05 Å². The molecule has 0 aliphatic carbocycles. The third-order valence-corrected chi connectivity index (χ3v) is 2.49. The van der Waals surface area contributed by atoms with E-state index in [-0.39, 0.29) is 0 Å². The lowest BCUT2D eigenvalue weighted by atomic mass is 10.0. The molecule has 1 heterocycles. The molecule has 0 radical (unpaired) electrons. The molecule has 0 fully saturated rings. The molecule has 1 atom stereocenters. The predicted molar refractivity (Wildman–Crippen MR) is 64.6 cm³/mol. The Morgan fingerprint density at radius 1 is 1.38 bits per heavy atom. The van der Waals surface area contributed by atoms with Gasteiger partial charge in [-0.2, -0.15) is 0 Å². The van der Waals surface area contributed by atoms with Crippen LogP contribution in [0, 0.1) is 5.92 Å². The van der Waals surface area contributed by atoms with E-state index in [1.165, 1.54) is 0 Å². The van der Waals surface area contributed by atoms with Gasteiger partial charge in [0.2, 0.25) is 5.88 Å². The lowest BCUT2D eigenvalue weighted by Crippen LogP contribution is -2.29. The molecule has 4 heteroatoms. The minimum absolute atomic E-state index is 0.446. The molecule has 1 unspecified atom stereocenters. The number of ether oxygens (including phenoxy) is 1. The topological polar surface area (TPSA) is 47.0 Å². The number of hydrogen-bond donors (Lipinski definition) is 1. The van der Waals surface area contributed by atoms with Crippen LogP contribution in [0.25, 0.3) is 0 Å². The van der Waals surface area contributed by atoms with Crippen LogP contribution >= 0.6 is 0 Å². The highest BCUT2D eigenvalue weighted by Gasteiger charge is 2.11. The molecule has 0 aliphatic rings. The molecule has 0 aromatic carbocycles. The van der Waals surface area contributed by atoms with Crippen molar-refractivity contribution in [1.29, 1.82) is 0 Å². The number of methoxy groups -OCH3 is 1. The van der Waals surface area contributed by atoms with Crippen molar-refractivity contribution in [2.45, 2.75) is 32.7 Å². The summed E-state index contributed by atoms with van der Waals surface area (Å²) in [5.41, 5.74) is 0.972. The number of nitrogens with zero attached hydrogens (tertiary/aromatic N) is 2. The summed E-state index contributed by atoms with van der Waals surface area (Å²) in [6, 6.07) is 0.446. The second kappa shape index (κ2) is 6.43. The summed E-state index contributed by atoms with van der Waals surface area (Å²) >= 11 is 0. The van der Waals surface area contributed by atoms with E-state index >= 15 is 0 Å². The van der Waals surface area contributed by atoms with Crippen molar-refractivity contribution in [3.8, 4) is 5.88 Å². The van der Waals surface area contributed by atoms with Crippen LogP contribution in [0.15, 0.2) is 12.4 Å². The highest BCUT2D eigenvalue weighted by Crippen LogP contribution is 2.11. The minimum atomic E-state index is 0.446. The van der Waals surface area contributed by atoms with Gasteiger partial charge in [0.25, 0.3) is 0 Å². The van der Waals surface area contributed by atoms with Crippen molar-refractivity contribution < 1.29 is 4.74 Å². The molecule has 0 saturated heterocycles. The van der Waals surface area contributed by atoms with Crippen molar-refractivity contribution >= 4 is 0 Å². The standard InChI is InChI=1S/C12H21N3O/c1-9(2)5-10(13-3)6-11-7-14-8-12(15-11)16-4/h7-10,13H,5-6H2,1-4H3. The molecule has 16 heavy (non-hydrogen) atoms. The van der Waals surface area contributed by atoms with Crippen LogP contribution in [0.3, 0.4) is 0 Å². The molecule has 90 valence electrons. The Bertz CT molecular complexity index is 315. The van der Waals surface area contributed by atoms with E-state index in [9.17, 15) is 0 Å². The Balaban J connectivity index is 2.62. The number of aromatic nitrogens is 2. The molecular weight excluding hydrogens is 202 g/mol. The van der Waals surface area contributed by atoms with Gasteiger partial charge in [-0.3, -0.25) is 4.98 Å². The average molecular weight is 223 g/mol. The van der Waals surface area contributed by atoms with Crippen LogP contribution in [0.1, 0.15) is 26.0 Å². The van der Waals surface area contributed by atoms with E-state index in [4.69, 9.17) is 4.74 Å². The SMILES string of the molecule is CNC(Cc1cncc(OC)n1)CC(C)C. The third-order valence-electron chi connectivity index (χ3n) is 2.49. The summed E-state index contributed by atoms with van der Waals surface area (Å²) in [5, 5.41) is 3.31. The summed E-state index contributed by atoms with van der Waals surface area (Å²) in [5.74, 6) is 1.26. The summed E-state index contributed by atoms with van der Waals surface area (Å²) in [6.45, 7) is 4.45. The number of hydrogen-bond acceptors (Lipinski definition) is 4. The first kappa shape index (κ1) is 12.9. The van der Waals surface area contributed by atoms with Gasteiger partial charge in [0.15, 0.2) is 0 Å². The van der Waals surface area contributed by atoms with Crippen LogP contribution in [0.4, 0.5) is 0 Å². The van der Waals surface area contributed by atoms with Crippen LogP contribution in [0.5, 0.6) is 5.88 Å². The van der Waals surface area contributed by atoms with Crippen molar-refractivity contribution in [2.24, 2.45) is 5.92 Å². The van der Waals surface area contributed by atoms with E-state index in [0.29, 0.717) is 17.8 Å². The number of rotatable bonds is 6. The number of likely N-dealkylation sites (N-methyl/N-ethyl adjacent to an activating group) is 1. The highest BCUT2D eigenvalue weighted by atomic mass is 16.5. The molecule has 0 spiro atoms. The van der Waals surface area contributed by atoms with Gasteiger partial charge in [-0.15, -0.1) is 0 Å². The molecule has 0 aliphatic heterocycles. The van der Waals surface area contributed by atoms with Crippen molar-refractivity contribution in [2.75, 3.05) is 14.2 Å². The first-order chi connectivity index (χ1) is 7.65. The first-order valence-electron chi connectivity index (χ1n) is 5.68. The normalized spacial score (nSPS) is 12.8. The van der Waals surface area contributed by atoms with Gasteiger partial charge in [0.1, 0.15) is 0 Å². The second-order valence-electron chi connectivity index (χ2n) is 4.37. The fourth-order valence-electron chi connectivity index (χ4n) is 1.71. The van der Waals surface area contributed by atoms with Crippen molar-refractivity contribution in [3.05, 3.63) is 18.1 Å². The van der Waals surface area contributed by atoms with Gasteiger partial charge >= 0.3 is 0 Å². The zero-order valence-corrected chi connectivity index (χ0v) is 10.5. The lowest BCUT2D eigenvalue weighted by molar-refractivity contribution is 0.390. The smallest absolute Gasteiger partial charge is 0.232 e. The first-order valence-corrected chi connectivity index (χ1v) is 5.68. The van der Waals surface area contributed by atoms with Crippen molar-refractivity contribution in [1.82, 2.24) is 15.3 Å². The van der Waals surface area contributed by atoms with Gasteiger partial charge in [-0.25, -0.2) is 4.98 Å². The highest BCUT2D eigenvalue weighted by molar-refractivity contribution is 5.09. The van der Waals surface area contributed by atoms with Crippen LogP contribution < -0.4 is 10.1 Å². The van der Waals surface area contributed by atoms with Crippen LogP contribution in [-0.2, 0) is 6.42 Å². The Labute approximate surface area is 97.5 Å². The molecule has 1 aromatic heterocycles. The summed E-state index contributed by atoms with van der Waals surface area (Å²) in [6.07, 6.45) is 5.45. The summed E-state index contributed by atoms with van der Waals surface area (Å²) in [4.78, 5) is 8.47. The van der Waals surface area contributed by atoms with Gasteiger partial charge in [-0.05, 0) is 19.4 Å². The quantitative estimate of drug-likeness (QED) is 0.796. The molecule has 1 N–H and O–H groups in total. The molecule has 0 amide bonds. The maximum Gasteiger partial charge on any atom is 0.232 e. The number of nitrogens with one attached hydrogen (secondary N) is 1. The largest absolute Gasteiger partial charge is 0.480 e. The van der Waals surface area contributed by atoms with Gasteiger partial charge in [-0.1, -0.05) is 13.8 Å². The van der Waals surface area contributed by atoms with Gasteiger partial charge < -0.3 is 10.1 Å². The molecule has 0 saturated carbocycles. The Kier molecular flexibility index (Phi) is 5.19. The zero-order chi connectivity index (χ0) is 12.0. The van der Waals surface area contributed by atoms with E-state index in [2.05, 4.69) is 29.1 Å². The summed E-state index contributed by atoms with van der Waals surface area (Å²) in [7, 11) is 3.60.